The Balaban J connectivity index is 1.83. The number of fused-ring (bicyclic) bond motifs is 4. The molecule has 0 amide bonds. The second kappa shape index (κ2) is 5.36. The van der Waals surface area contributed by atoms with E-state index in [0.29, 0.717) is 18.3 Å². The van der Waals surface area contributed by atoms with Gasteiger partial charge in [-0.2, -0.15) is 0 Å². The molecule has 0 saturated heterocycles. The molecule has 4 atom stereocenters. The molecular formula is C21H25NO2. The van der Waals surface area contributed by atoms with Crippen molar-refractivity contribution in [3.63, 3.8) is 0 Å². The molecule has 0 bridgehead atoms. The Kier molecular flexibility index (Phi) is 3.51. The van der Waals surface area contributed by atoms with Gasteiger partial charge in [-0.05, 0) is 79.6 Å². The summed E-state index contributed by atoms with van der Waals surface area (Å²) in [4.78, 5) is 0. The van der Waals surface area contributed by atoms with E-state index in [1.807, 2.05) is 0 Å². The van der Waals surface area contributed by atoms with Crippen LogP contribution in [0.4, 0.5) is 0 Å². The first-order valence-corrected chi connectivity index (χ1v) is 9.13. The topological polar surface area (TPSA) is 52.8 Å². The molecule has 0 radical (unpaired) electrons. The summed E-state index contributed by atoms with van der Waals surface area (Å²) in [6.07, 6.45) is 18.8. The maximum atomic E-state index is 11.1. The van der Waals surface area contributed by atoms with Gasteiger partial charge in [0.15, 0.2) is 0 Å². The van der Waals surface area contributed by atoms with Crippen LogP contribution in [0.1, 0.15) is 51.9 Å². The van der Waals surface area contributed by atoms with E-state index in [2.05, 4.69) is 36.2 Å². The molecule has 0 unspecified atom stereocenters. The maximum Gasteiger partial charge on any atom is 0.134 e. The molecule has 4 rings (SSSR count). The van der Waals surface area contributed by atoms with Gasteiger partial charge in [-0.3, -0.25) is 0 Å². The van der Waals surface area contributed by atoms with Crippen LogP contribution in [0.5, 0.6) is 0 Å². The molecule has 0 heterocycles. The van der Waals surface area contributed by atoms with E-state index < -0.39 is 5.60 Å². The van der Waals surface area contributed by atoms with Crippen LogP contribution < -0.4 is 0 Å². The molecular weight excluding hydrogens is 298 g/mol. The Labute approximate surface area is 143 Å². The highest BCUT2D eigenvalue weighted by atomic mass is 16.4. The van der Waals surface area contributed by atoms with Gasteiger partial charge >= 0.3 is 0 Å². The molecule has 1 fully saturated rings. The highest BCUT2D eigenvalue weighted by Gasteiger charge is 2.60. The second-order valence-electron chi connectivity index (χ2n) is 7.72. The van der Waals surface area contributed by atoms with Crippen LogP contribution in [0.25, 0.3) is 0 Å². The smallest absolute Gasteiger partial charge is 0.134 e. The van der Waals surface area contributed by atoms with E-state index >= 15 is 0 Å². The summed E-state index contributed by atoms with van der Waals surface area (Å²) >= 11 is 0. The zero-order valence-electron chi connectivity index (χ0n) is 14.3. The van der Waals surface area contributed by atoms with Crippen molar-refractivity contribution in [3.05, 3.63) is 34.9 Å². The molecule has 1 saturated carbocycles. The minimum absolute atomic E-state index is 0.274. The molecule has 0 aromatic rings. The van der Waals surface area contributed by atoms with Crippen LogP contribution in [0.3, 0.4) is 0 Å². The van der Waals surface area contributed by atoms with Crippen molar-refractivity contribution in [2.24, 2.45) is 22.4 Å². The summed E-state index contributed by atoms with van der Waals surface area (Å²) in [6, 6.07) is 0. The van der Waals surface area contributed by atoms with Gasteiger partial charge in [0, 0.05) is 5.41 Å². The van der Waals surface area contributed by atoms with Crippen LogP contribution in [0.2, 0.25) is 0 Å². The van der Waals surface area contributed by atoms with Gasteiger partial charge in [0.2, 0.25) is 0 Å². The van der Waals surface area contributed by atoms with Crippen molar-refractivity contribution in [2.75, 3.05) is 0 Å². The third-order valence-electron chi connectivity index (χ3n) is 7.08. The Bertz CT molecular complexity index is 735. The Morgan fingerprint density at radius 3 is 2.88 bits per heavy atom. The molecule has 126 valence electrons. The fourth-order valence-electron chi connectivity index (χ4n) is 5.84. The zero-order valence-corrected chi connectivity index (χ0v) is 14.3. The van der Waals surface area contributed by atoms with Crippen molar-refractivity contribution in [2.45, 2.75) is 57.5 Å². The van der Waals surface area contributed by atoms with E-state index in [9.17, 15) is 5.11 Å². The number of hydrogen-bond donors (Lipinski definition) is 2. The summed E-state index contributed by atoms with van der Waals surface area (Å²) in [7, 11) is 0. The highest BCUT2D eigenvalue weighted by molar-refractivity contribution is 5.97. The van der Waals surface area contributed by atoms with Gasteiger partial charge in [-0.25, -0.2) is 0 Å². The van der Waals surface area contributed by atoms with Crippen LogP contribution in [-0.2, 0) is 0 Å². The van der Waals surface area contributed by atoms with Crippen LogP contribution in [0.15, 0.2) is 40.1 Å². The second-order valence-corrected chi connectivity index (χ2v) is 7.72. The van der Waals surface area contributed by atoms with Crippen molar-refractivity contribution >= 4 is 5.71 Å². The summed E-state index contributed by atoms with van der Waals surface area (Å²) in [6.45, 7) is 2.15. The molecule has 4 aliphatic rings. The molecule has 0 spiro atoms. The number of allylic oxidation sites excluding steroid dienone is 5. The predicted octanol–water partition coefficient (Wildman–Crippen LogP) is 3.98. The van der Waals surface area contributed by atoms with E-state index in [1.165, 1.54) is 16.7 Å². The van der Waals surface area contributed by atoms with Crippen LogP contribution in [0, 0.1) is 29.6 Å². The first kappa shape index (κ1) is 15.7. The fourth-order valence-corrected chi connectivity index (χ4v) is 5.84. The fraction of sp³-hybridized carbons (Fsp3) is 0.571. The van der Waals surface area contributed by atoms with Gasteiger partial charge in [0.1, 0.15) is 5.60 Å². The average Bonchev–Trinajstić information content (AvgIpc) is 2.94. The molecule has 2 N–H and O–H groups in total. The monoisotopic (exact) mass is 323 g/mol. The van der Waals surface area contributed by atoms with E-state index in [0.717, 1.165) is 44.2 Å². The number of hydrogen-bond acceptors (Lipinski definition) is 3. The lowest BCUT2D eigenvalue weighted by Crippen LogP contribution is -2.48. The minimum Gasteiger partial charge on any atom is -0.411 e. The first-order valence-electron chi connectivity index (χ1n) is 9.13. The molecule has 4 aliphatic carbocycles. The molecule has 0 aliphatic heterocycles. The summed E-state index contributed by atoms with van der Waals surface area (Å²) in [5.74, 6) is 3.66. The lowest BCUT2D eigenvalue weighted by molar-refractivity contribution is -0.0149. The first-order chi connectivity index (χ1) is 11.6. The van der Waals surface area contributed by atoms with E-state index in [1.54, 1.807) is 0 Å². The third kappa shape index (κ3) is 1.87. The number of nitrogens with zero attached hydrogens (tertiary/aromatic N) is 1. The minimum atomic E-state index is -1.00. The van der Waals surface area contributed by atoms with Crippen LogP contribution in [-0.4, -0.2) is 21.6 Å². The number of oxime groups is 1. The van der Waals surface area contributed by atoms with Gasteiger partial charge in [0.25, 0.3) is 0 Å². The largest absolute Gasteiger partial charge is 0.411 e. The molecule has 0 aromatic carbocycles. The standard InChI is InChI=1S/C21H25NO2/c1-3-20-11-9-17-16-8-6-15(22-24)13-14(16)5-7-18(17)19(20)10-12-21(20,23)4-2/h2,9,11,13,18-19,23-24H,3,5-8,10,12H2,1H3/b22-15-/t18-,19+,20+,21+/m1/s1. The third-order valence-corrected chi connectivity index (χ3v) is 7.08. The van der Waals surface area contributed by atoms with E-state index in [4.69, 9.17) is 11.6 Å². The Hall–Kier alpha value is -1.79. The number of aliphatic hydroxyl groups is 1. The number of rotatable bonds is 1. The summed E-state index contributed by atoms with van der Waals surface area (Å²) in [5, 5.41) is 23.5. The lowest BCUT2D eigenvalue weighted by Gasteiger charge is -2.48. The van der Waals surface area contributed by atoms with Crippen molar-refractivity contribution in [3.8, 4) is 12.3 Å². The van der Waals surface area contributed by atoms with Gasteiger partial charge in [-0.15, -0.1) is 6.42 Å². The maximum absolute atomic E-state index is 11.1. The van der Waals surface area contributed by atoms with Gasteiger partial charge in [-0.1, -0.05) is 30.2 Å². The predicted molar refractivity (Wildman–Crippen MR) is 94.7 cm³/mol. The Morgan fingerprint density at radius 2 is 2.17 bits per heavy atom. The average molecular weight is 323 g/mol. The quantitative estimate of drug-likeness (QED) is 0.435. The highest BCUT2D eigenvalue weighted by Crippen LogP contribution is 2.62. The Morgan fingerprint density at radius 1 is 1.33 bits per heavy atom. The van der Waals surface area contributed by atoms with Crippen molar-refractivity contribution in [1.82, 2.24) is 0 Å². The van der Waals surface area contributed by atoms with Crippen LogP contribution >= 0.6 is 0 Å². The zero-order chi connectivity index (χ0) is 16.9. The number of terminal acetylenes is 1. The van der Waals surface area contributed by atoms with E-state index in [-0.39, 0.29) is 5.41 Å². The summed E-state index contributed by atoms with van der Waals surface area (Å²) in [5.41, 5.74) is 3.73. The SMILES string of the molecule is C#C[C@]1(O)CC[C@H]2[C@@H]3CCC4=C/C(=N\O)CCC4=C3C=C[C@@]21CC. The van der Waals surface area contributed by atoms with Gasteiger partial charge < -0.3 is 10.3 Å². The van der Waals surface area contributed by atoms with Crippen molar-refractivity contribution < 1.29 is 10.3 Å². The normalized spacial score (nSPS) is 42.2. The molecule has 0 aromatic heterocycles. The molecule has 24 heavy (non-hydrogen) atoms. The van der Waals surface area contributed by atoms with Crippen molar-refractivity contribution in [1.29, 1.82) is 0 Å². The molecule has 3 nitrogen and oxygen atoms in total. The van der Waals surface area contributed by atoms with Gasteiger partial charge in [0.05, 0.1) is 5.71 Å². The lowest BCUT2D eigenvalue weighted by atomic mass is 9.56. The molecule has 3 heteroatoms. The summed E-state index contributed by atoms with van der Waals surface area (Å²) < 4.78 is 0.